The summed E-state index contributed by atoms with van der Waals surface area (Å²) in [4.78, 5) is 6.53. The van der Waals surface area contributed by atoms with E-state index in [1.807, 2.05) is 37.3 Å². The van der Waals surface area contributed by atoms with Gasteiger partial charge in [-0.3, -0.25) is 0 Å². The van der Waals surface area contributed by atoms with E-state index in [4.69, 9.17) is 5.26 Å². The minimum atomic E-state index is 0.767. The number of rotatable bonds is 5. The van der Waals surface area contributed by atoms with Crippen LogP contribution < -0.4 is 5.32 Å². The second kappa shape index (κ2) is 6.08. The van der Waals surface area contributed by atoms with Gasteiger partial charge in [0.25, 0.3) is 0 Å². The van der Waals surface area contributed by atoms with E-state index in [-0.39, 0.29) is 0 Å². The Hall–Kier alpha value is -2.16. The van der Waals surface area contributed by atoms with Crippen LogP contribution in [0.25, 0.3) is 11.0 Å². The summed E-state index contributed by atoms with van der Waals surface area (Å²) in [5.74, 6) is 1.04. The highest BCUT2D eigenvalue weighted by molar-refractivity contribution is 7.12. The zero-order valence-corrected chi connectivity index (χ0v) is 12.7. The van der Waals surface area contributed by atoms with Crippen molar-refractivity contribution in [1.29, 1.82) is 5.26 Å². The van der Waals surface area contributed by atoms with Crippen molar-refractivity contribution in [2.45, 2.75) is 20.0 Å². The Labute approximate surface area is 127 Å². The quantitative estimate of drug-likeness (QED) is 0.736. The lowest BCUT2D eigenvalue weighted by molar-refractivity contribution is 0.600. The summed E-state index contributed by atoms with van der Waals surface area (Å²) in [5.41, 5.74) is 2.23. The van der Waals surface area contributed by atoms with Crippen LogP contribution in [0.2, 0.25) is 0 Å². The monoisotopic (exact) mass is 296 g/mol. The minimum absolute atomic E-state index is 0.767. The first-order valence-corrected chi connectivity index (χ1v) is 7.71. The smallest absolute Gasteiger partial charge is 0.110 e. The van der Waals surface area contributed by atoms with Crippen molar-refractivity contribution in [3.05, 3.63) is 52.0 Å². The molecule has 0 unspecified atom stereocenters. The number of aromatic nitrogens is 2. The van der Waals surface area contributed by atoms with E-state index >= 15 is 0 Å². The Morgan fingerprint density at radius 2 is 2.14 bits per heavy atom. The van der Waals surface area contributed by atoms with Crippen molar-refractivity contribution in [1.82, 2.24) is 14.9 Å². The van der Waals surface area contributed by atoms with E-state index in [0.717, 1.165) is 35.9 Å². The lowest BCUT2D eigenvalue weighted by Crippen LogP contribution is -2.19. The summed E-state index contributed by atoms with van der Waals surface area (Å²) in [6.07, 6.45) is 0. The van der Waals surface area contributed by atoms with Crippen LogP contribution in [0.1, 0.15) is 15.6 Å². The second-order valence-electron chi connectivity index (χ2n) is 4.85. The Kier molecular flexibility index (Phi) is 4.00. The van der Waals surface area contributed by atoms with Crippen LogP contribution in [0.5, 0.6) is 0 Å². The maximum Gasteiger partial charge on any atom is 0.110 e. The first kappa shape index (κ1) is 13.8. The molecule has 21 heavy (non-hydrogen) atoms. The number of imidazole rings is 1. The maximum atomic E-state index is 8.81. The molecule has 0 spiro atoms. The molecule has 0 aliphatic heterocycles. The van der Waals surface area contributed by atoms with Crippen molar-refractivity contribution in [2.24, 2.45) is 0 Å². The molecule has 0 bridgehead atoms. The van der Waals surface area contributed by atoms with Gasteiger partial charge in [0, 0.05) is 24.5 Å². The van der Waals surface area contributed by atoms with Crippen molar-refractivity contribution in [3.8, 4) is 6.07 Å². The van der Waals surface area contributed by atoms with E-state index in [1.165, 1.54) is 10.4 Å². The highest BCUT2D eigenvalue weighted by Gasteiger charge is 2.06. The van der Waals surface area contributed by atoms with Gasteiger partial charge in [0.05, 0.1) is 11.0 Å². The standard InChI is InChI=1S/C16H16N4S/c1-12-19-15-4-2-3-5-16(15)20(12)9-8-18-11-14-7-6-13(10-17)21-14/h2-7,18H,8-9,11H2,1H3. The predicted molar refractivity (Wildman–Crippen MR) is 85.2 cm³/mol. The van der Waals surface area contributed by atoms with Gasteiger partial charge in [-0.1, -0.05) is 12.1 Å². The van der Waals surface area contributed by atoms with Gasteiger partial charge in [0.2, 0.25) is 0 Å². The minimum Gasteiger partial charge on any atom is -0.327 e. The predicted octanol–water partition coefficient (Wildman–Crippen LogP) is 3.07. The summed E-state index contributed by atoms with van der Waals surface area (Å²) >= 11 is 1.54. The lowest BCUT2D eigenvalue weighted by atomic mass is 10.3. The highest BCUT2D eigenvalue weighted by atomic mass is 32.1. The molecule has 2 heterocycles. The molecule has 0 fully saturated rings. The molecule has 0 radical (unpaired) electrons. The third-order valence-electron chi connectivity index (χ3n) is 3.43. The van der Waals surface area contributed by atoms with Crippen molar-refractivity contribution in [3.63, 3.8) is 0 Å². The van der Waals surface area contributed by atoms with Crippen molar-refractivity contribution < 1.29 is 0 Å². The third kappa shape index (κ3) is 2.97. The molecular weight excluding hydrogens is 280 g/mol. The lowest BCUT2D eigenvalue weighted by Gasteiger charge is -2.07. The Morgan fingerprint density at radius 3 is 2.95 bits per heavy atom. The van der Waals surface area contributed by atoms with E-state index in [9.17, 15) is 0 Å². The van der Waals surface area contributed by atoms with Crippen molar-refractivity contribution in [2.75, 3.05) is 6.54 Å². The number of aryl methyl sites for hydroxylation is 1. The number of fused-ring (bicyclic) bond motifs is 1. The van der Waals surface area contributed by atoms with Crippen LogP contribution in [0.3, 0.4) is 0 Å². The molecule has 1 N–H and O–H groups in total. The molecule has 2 aromatic heterocycles. The fraction of sp³-hybridized carbons (Fsp3) is 0.250. The Morgan fingerprint density at radius 1 is 1.29 bits per heavy atom. The highest BCUT2D eigenvalue weighted by Crippen LogP contribution is 2.16. The molecule has 3 rings (SSSR count). The molecule has 0 aliphatic carbocycles. The van der Waals surface area contributed by atoms with Gasteiger partial charge in [-0.15, -0.1) is 11.3 Å². The van der Waals surface area contributed by atoms with Crippen LogP contribution >= 0.6 is 11.3 Å². The average Bonchev–Trinajstić information content (AvgIpc) is 3.08. The molecule has 0 saturated heterocycles. The number of nitrogens with one attached hydrogen (secondary N) is 1. The van der Waals surface area contributed by atoms with Gasteiger partial charge in [0.15, 0.2) is 0 Å². The molecule has 106 valence electrons. The van der Waals surface area contributed by atoms with Gasteiger partial charge < -0.3 is 9.88 Å². The molecule has 4 nitrogen and oxygen atoms in total. The summed E-state index contributed by atoms with van der Waals surface area (Å²) in [5, 5.41) is 12.2. The molecule has 0 aliphatic rings. The zero-order valence-electron chi connectivity index (χ0n) is 11.8. The fourth-order valence-corrected chi connectivity index (χ4v) is 3.19. The molecule has 0 saturated carbocycles. The normalized spacial score (nSPS) is 10.9. The molecule has 5 heteroatoms. The van der Waals surface area contributed by atoms with Crippen molar-refractivity contribution >= 4 is 22.4 Å². The number of hydrogen-bond acceptors (Lipinski definition) is 4. The SMILES string of the molecule is Cc1nc2ccccc2n1CCNCc1ccc(C#N)s1. The fourth-order valence-electron chi connectivity index (χ4n) is 2.41. The number of thiophene rings is 1. The van der Waals surface area contributed by atoms with Gasteiger partial charge >= 0.3 is 0 Å². The number of hydrogen-bond donors (Lipinski definition) is 1. The van der Waals surface area contributed by atoms with E-state index in [0.29, 0.717) is 0 Å². The summed E-state index contributed by atoms with van der Waals surface area (Å²) < 4.78 is 2.23. The van der Waals surface area contributed by atoms with Crippen LogP contribution in [0.4, 0.5) is 0 Å². The Bertz CT molecular complexity index is 794. The number of benzene rings is 1. The van der Waals surface area contributed by atoms with Crippen LogP contribution in [0, 0.1) is 18.3 Å². The Balaban J connectivity index is 1.59. The summed E-state index contributed by atoms with van der Waals surface area (Å²) in [6.45, 7) is 4.61. The van der Waals surface area contributed by atoms with Crippen LogP contribution in [0.15, 0.2) is 36.4 Å². The van der Waals surface area contributed by atoms with Crippen LogP contribution in [-0.4, -0.2) is 16.1 Å². The average molecular weight is 296 g/mol. The first-order chi connectivity index (χ1) is 10.3. The molecule has 0 atom stereocenters. The third-order valence-corrected chi connectivity index (χ3v) is 4.42. The van der Waals surface area contributed by atoms with Gasteiger partial charge in [-0.2, -0.15) is 5.26 Å². The molecule has 3 aromatic rings. The second-order valence-corrected chi connectivity index (χ2v) is 6.02. The van der Waals surface area contributed by atoms with E-state index in [2.05, 4.69) is 27.0 Å². The van der Waals surface area contributed by atoms with Gasteiger partial charge in [-0.25, -0.2) is 4.98 Å². The molecule has 1 aromatic carbocycles. The topological polar surface area (TPSA) is 53.6 Å². The number of para-hydroxylation sites is 2. The van der Waals surface area contributed by atoms with Gasteiger partial charge in [-0.05, 0) is 31.2 Å². The number of nitriles is 1. The molecule has 0 amide bonds. The maximum absolute atomic E-state index is 8.81. The first-order valence-electron chi connectivity index (χ1n) is 6.89. The molecular formula is C16H16N4S. The van der Waals surface area contributed by atoms with E-state index in [1.54, 1.807) is 11.3 Å². The summed E-state index contributed by atoms with van der Waals surface area (Å²) in [6, 6.07) is 14.3. The largest absolute Gasteiger partial charge is 0.327 e. The van der Waals surface area contributed by atoms with E-state index < -0.39 is 0 Å². The summed E-state index contributed by atoms with van der Waals surface area (Å²) in [7, 11) is 0. The van der Waals surface area contributed by atoms with Crippen LogP contribution in [-0.2, 0) is 13.1 Å². The number of nitrogens with zero attached hydrogens (tertiary/aromatic N) is 3. The zero-order chi connectivity index (χ0) is 14.7. The van der Waals surface area contributed by atoms with Gasteiger partial charge in [0.1, 0.15) is 16.8 Å².